The number of likely N-dealkylation sites (N-methyl/N-ethyl adjacent to an activating group) is 1. The van der Waals surface area contributed by atoms with E-state index in [0.717, 1.165) is 26.2 Å². The van der Waals surface area contributed by atoms with Crippen molar-refractivity contribution in [1.82, 2.24) is 10.2 Å². The Labute approximate surface area is 95.4 Å². The van der Waals surface area contributed by atoms with Crippen molar-refractivity contribution in [2.24, 2.45) is 17.6 Å². The summed E-state index contributed by atoms with van der Waals surface area (Å²) in [5.74, 6) is 1.28. The lowest BCUT2D eigenvalue weighted by Crippen LogP contribution is -2.37. The zero-order valence-corrected chi connectivity index (χ0v) is 11.1. The Bertz CT molecular complexity index is 146. The maximum absolute atomic E-state index is 5.71. The van der Waals surface area contributed by atoms with Gasteiger partial charge in [0.15, 0.2) is 0 Å². The largest absolute Gasteiger partial charge is 0.330 e. The highest BCUT2D eigenvalue weighted by molar-refractivity contribution is 4.67. The summed E-state index contributed by atoms with van der Waals surface area (Å²) in [5.41, 5.74) is 5.71. The molecule has 0 aromatic heterocycles. The Kier molecular flexibility index (Phi) is 8.02. The highest BCUT2D eigenvalue weighted by Gasteiger charge is 2.10. The number of nitrogens with two attached hydrogens (primary N) is 1. The van der Waals surface area contributed by atoms with Gasteiger partial charge in [-0.2, -0.15) is 0 Å². The summed E-state index contributed by atoms with van der Waals surface area (Å²) in [6, 6.07) is 0.627. The van der Waals surface area contributed by atoms with Gasteiger partial charge in [-0.15, -0.1) is 0 Å². The Hall–Kier alpha value is -0.120. The van der Waals surface area contributed by atoms with Gasteiger partial charge >= 0.3 is 0 Å². The Balaban J connectivity index is 3.52. The molecule has 0 fully saturated rings. The predicted octanol–water partition coefficient (Wildman–Crippen LogP) is 1.15. The van der Waals surface area contributed by atoms with Crippen LogP contribution in [0.4, 0.5) is 0 Å². The molecule has 3 N–H and O–H groups in total. The topological polar surface area (TPSA) is 41.3 Å². The summed E-state index contributed by atoms with van der Waals surface area (Å²) in [4.78, 5) is 2.35. The molecular weight excluding hydrogens is 186 g/mol. The van der Waals surface area contributed by atoms with Crippen molar-refractivity contribution in [3.63, 3.8) is 0 Å². The van der Waals surface area contributed by atoms with Gasteiger partial charge in [0.1, 0.15) is 0 Å². The van der Waals surface area contributed by atoms with Crippen LogP contribution in [0.3, 0.4) is 0 Å². The molecule has 0 bridgehead atoms. The highest BCUT2D eigenvalue weighted by atomic mass is 15.1. The van der Waals surface area contributed by atoms with Gasteiger partial charge in [-0.05, 0) is 45.8 Å². The molecule has 0 heterocycles. The molecular formula is C12H29N3. The Morgan fingerprint density at radius 1 is 1.20 bits per heavy atom. The van der Waals surface area contributed by atoms with Crippen LogP contribution in [0.2, 0.25) is 0 Å². The first kappa shape index (κ1) is 14.9. The van der Waals surface area contributed by atoms with Crippen LogP contribution in [0.1, 0.15) is 27.7 Å². The Morgan fingerprint density at radius 2 is 1.80 bits per heavy atom. The first-order valence-corrected chi connectivity index (χ1v) is 6.10. The molecule has 0 radical (unpaired) electrons. The molecule has 3 heteroatoms. The molecule has 0 aromatic rings. The zero-order chi connectivity index (χ0) is 11.8. The lowest BCUT2D eigenvalue weighted by molar-refractivity contribution is 0.267. The molecule has 15 heavy (non-hydrogen) atoms. The summed E-state index contributed by atoms with van der Waals surface area (Å²) in [6.45, 7) is 12.9. The average molecular weight is 215 g/mol. The minimum Gasteiger partial charge on any atom is -0.330 e. The number of nitrogens with zero attached hydrogens (tertiary/aromatic N) is 1. The van der Waals surface area contributed by atoms with Crippen LogP contribution in [0.25, 0.3) is 0 Å². The van der Waals surface area contributed by atoms with Gasteiger partial charge < -0.3 is 16.0 Å². The van der Waals surface area contributed by atoms with Gasteiger partial charge in [-0.1, -0.05) is 13.8 Å². The second-order valence-electron chi connectivity index (χ2n) is 5.02. The number of hydrogen-bond donors (Lipinski definition) is 2. The molecule has 0 saturated heterocycles. The zero-order valence-electron chi connectivity index (χ0n) is 11.1. The van der Waals surface area contributed by atoms with E-state index in [1.165, 1.54) is 0 Å². The molecule has 0 aliphatic rings. The average Bonchev–Trinajstić information content (AvgIpc) is 2.16. The second-order valence-corrected chi connectivity index (χ2v) is 5.02. The van der Waals surface area contributed by atoms with E-state index in [9.17, 15) is 0 Å². The fraction of sp³-hybridized carbons (Fsp3) is 1.00. The van der Waals surface area contributed by atoms with Crippen LogP contribution in [-0.2, 0) is 0 Å². The molecule has 0 spiro atoms. The van der Waals surface area contributed by atoms with Crippen molar-refractivity contribution in [1.29, 1.82) is 0 Å². The van der Waals surface area contributed by atoms with E-state index in [4.69, 9.17) is 5.73 Å². The first-order chi connectivity index (χ1) is 6.99. The normalized spacial score (nSPS) is 14.2. The molecule has 0 rings (SSSR count). The van der Waals surface area contributed by atoms with E-state index < -0.39 is 0 Å². The Morgan fingerprint density at radius 3 is 2.20 bits per heavy atom. The number of hydrogen-bond acceptors (Lipinski definition) is 3. The van der Waals surface area contributed by atoms with Gasteiger partial charge in [-0.3, -0.25) is 0 Å². The second kappa shape index (κ2) is 8.08. The van der Waals surface area contributed by atoms with E-state index in [-0.39, 0.29) is 0 Å². The monoisotopic (exact) mass is 215 g/mol. The van der Waals surface area contributed by atoms with Crippen LogP contribution >= 0.6 is 0 Å². The minimum atomic E-state index is 0.606. The van der Waals surface area contributed by atoms with Crippen molar-refractivity contribution in [2.45, 2.75) is 33.7 Å². The summed E-state index contributed by atoms with van der Waals surface area (Å²) in [6.07, 6.45) is 0. The van der Waals surface area contributed by atoms with Gasteiger partial charge in [0.05, 0.1) is 0 Å². The lowest BCUT2D eigenvalue weighted by atomic mass is 9.96. The van der Waals surface area contributed by atoms with Crippen LogP contribution in [0, 0.1) is 11.8 Å². The fourth-order valence-corrected chi connectivity index (χ4v) is 1.39. The lowest BCUT2D eigenvalue weighted by Gasteiger charge is -2.23. The van der Waals surface area contributed by atoms with Crippen LogP contribution in [0.15, 0.2) is 0 Å². The summed E-state index contributed by atoms with van der Waals surface area (Å²) in [7, 11) is 2.16. The van der Waals surface area contributed by atoms with Crippen molar-refractivity contribution < 1.29 is 0 Å². The molecule has 0 aliphatic heterocycles. The summed E-state index contributed by atoms with van der Waals surface area (Å²) >= 11 is 0. The van der Waals surface area contributed by atoms with Crippen molar-refractivity contribution in [3.05, 3.63) is 0 Å². The van der Waals surface area contributed by atoms with Crippen molar-refractivity contribution in [2.75, 3.05) is 33.2 Å². The number of nitrogens with one attached hydrogen (secondary N) is 1. The van der Waals surface area contributed by atoms with E-state index >= 15 is 0 Å². The molecule has 0 aliphatic carbocycles. The molecule has 0 aromatic carbocycles. The fourth-order valence-electron chi connectivity index (χ4n) is 1.39. The quantitative estimate of drug-likeness (QED) is 0.597. The maximum atomic E-state index is 5.71. The SMILES string of the molecule is CC(C)C(CN)CNCCN(C)C(C)C. The molecule has 0 amide bonds. The third kappa shape index (κ3) is 6.88. The molecule has 0 saturated carbocycles. The minimum absolute atomic E-state index is 0.606. The van der Waals surface area contributed by atoms with Gasteiger partial charge in [0.2, 0.25) is 0 Å². The van der Waals surface area contributed by atoms with Crippen LogP contribution in [-0.4, -0.2) is 44.2 Å². The smallest absolute Gasteiger partial charge is 0.0106 e. The van der Waals surface area contributed by atoms with Crippen molar-refractivity contribution in [3.8, 4) is 0 Å². The third-order valence-electron chi connectivity index (χ3n) is 3.17. The summed E-state index contributed by atoms with van der Waals surface area (Å²) < 4.78 is 0. The van der Waals surface area contributed by atoms with Crippen LogP contribution < -0.4 is 11.1 Å². The number of rotatable bonds is 8. The van der Waals surface area contributed by atoms with Gasteiger partial charge in [-0.25, -0.2) is 0 Å². The van der Waals surface area contributed by atoms with E-state index in [0.29, 0.717) is 17.9 Å². The third-order valence-corrected chi connectivity index (χ3v) is 3.17. The molecule has 1 atom stereocenters. The maximum Gasteiger partial charge on any atom is 0.0106 e. The van der Waals surface area contributed by atoms with Crippen molar-refractivity contribution >= 4 is 0 Å². The van der Waals surface area contributed by atoms with E-state index in [2.05, 4.69) is 45.0 Å². The first-order valence-electron chi connectivity index (χ1n) is 6.10. The molecule has 1 unspecified atom stereocenters. The molecule has 92 valence electrons. The standard InChI is InChI=1S/C12H29N3/c1-10(2)12(8-13)9-14-6-7-15(5)11(3)4/h10-12,14H,6-9,13H2,1-5H3. The highest BCUT2D eigenvalue weighted by Crippen LogP contribution is 2.06. The van der Waals surface area contributed by atoms with Gasteiger partial charge in [0, 0.05) is 19.1 Å². The van der Waals surface area contributed by atoms with Crippen LogP contribution in [0.5, 0.6) is 0 Å². The van der Waals surface area contributed by atoms with Gasteiger partial charge in [0.25, 0.3) is 0 Å². The van der Waals surface area contributed by atoms with E-state index in [1.807, 2.05) is 0 Å². The van der Waals surface area contributed by atoms with E-state index in [1.54, 1.807) is 0 Å². The predicted molar refractivity (Wildman–Crippen MR) is 68.0 cm³/mol. The molecule has 3 nitrogen and oxygen atoms in total. The summed E-state index contributed by atoms with van der Waals surface area (Å²) in [5, 5.41) is 3.48.